The maximum Gasteiger partial charge on any atom is 0.252 e. The Kier molecular flexibility index (Phi) is 5.82. The zero-order chi connectivity index (χ0) is 18.7. The minimum atomic E-state index is -0.491. The molecule has 0 saturated heterocycles. The Labute approximate surface area is 166 Å². The Balaban J connectivity index is 1.98. The van der Waals surface area contributed by atoms with Gasteiger partial charge in [0.15, 0.2) is 0 Å². The van der Waals surface area contributed by atoms with E-state index in [1.165, 1.54) is 0 Å². The van der Waals surface area contributed by atoms with Gasteiger partial charge in [-0.2, -0.15) is 0 Å². The van der Waals surface area contributed by atoms with Crippen molar-refractivity contribution in [1.29, 1.82) is 0 Å². The van der Waals surface area contributed by atoms with Crippen LogP contribution in [0.3, 0.4) is 0 Å². The Bertz CT molecular complexity index is 942. The molecule has 1 heterocycles. The molecule has 2 aromatic carbocycles. The summed E-state index contributed by atoms with van der Waals surface area (Å²) in [6.07, 6.45) is 1.54. The fraction of sp³-hybridized carbons (Fsp3) is 0.100. The number of carbonyl (C=O) groups excluding carboxylic acids is 1. The van der Waals surface area contributed by atoms with Crippen LogP contribution in [-0.2, 0) is 0 Å². The number of amides is 1. The van der Waals surface area contributed by atoms with E-state index in [0.29, 0.717) is 26.3 Å². The Hall–Kier alpha value is -2.07. The number of hydrogen-bond donors (Lipinski definition) is 1. The van der Waals surface area contributed by atoms with Gasteiger partial charge >= 0.3 is 0 Å². The van der Waals surface area contributed by atoms with E-state index in [9.17, 15) is 4.79 Å². The normalized spacial score (nSPS) is 11.8. The summed E-state index contributed by atoms with van der Waals surface area (Å²) < 4.78 is 0. The molecule has 3 rings (SSSR count). The van der Waals surface area contributed by atoms with Crippen LogP contribution in [0.2, 0.25) is 15.1 Å². The van der Waals surface area contributed by atoms with Crippen LogP contribution in [0, 0.1) is 6.92 Å². The summed E-state index contributed by atoms with van der Waals surface area (Å²) in [5.74, 6) is -0.207. The molecule has 1 aromatic heterocycles. The summed E-state index contributed by atoms with van der Waals surface area (Å²) in [5, 5.41) is 4.39. The number of benzene rings is 2. The van der Waals surface area contributed by atoms with Gasteiger partial charge in [0, 0.05) is 11.8 Å². The van der Waals surface area contributed by atoms with Gasteiger partial charge in [0.1, 0.15) is 0 Å². The number of hydrogen-bond acceptors (Lipinski definition) is 2. The highest BCUT2D eigenvalue weighted by atomic mass is 35.5. The summed E-state index contributed by atoms with van der Waals surface area (Å²) in [5.41, 5.74) is 3.00. The predicted molar refractivity (Wildman–Crippen MR) is 106 cm³/mol. The molecule has 0 aliphatic rings. The van der Waals surface area contributed by atoms with Crippen LogP contribution in [0.1, 0.15) is 33.2 Å². The molecule has 3 aromatic rings. The molecule has 26 heavy (non-hydrogen) atoms. The van der Waals surface area contributed by atoms with Crippen LogP contribution in [0.4, 0.5) is 0 Å². The molecule has 3 nitrogen and oxygen atoms in total. The zero-order valence-corrected chi connectivity index (χ0v) is 16.1. The molecule has 1 N–H and O–H groups in total. The van der Waals surface area contributed by atoms with Crippen molar-refractivity contribution in [2.75, 3.05) is 0 Å². The van der Waals surface area contributed by atoms with Crippen molar-refractivity contribution in [3.05, 3.63) is 98.2 Å². The summed E-state index contributed by atoms with van der Waals surface area (Å²) in [6, 6.07) is 15.6. The van der Waals surface area contributed by atoms with E-state index < -0.39 is 6.04 Å². The fourth-order valence-electron chi connectivity index (χ4n) is 2.58. The molecular formula is C20H15Cl3N2O. The molecule has 0 unspecified atom stereocenters. The topological polar surface area (TPSA) is 42.0 Å². The van der Waals surface area contributed by atoms with Crippen molar-refractivity contribution >= 4 is 40.7 Å². The van der Waals surface area contributed by atoms with Crippen molar-refractivity contribution in [2.45, 2.75) is 13.0 Å². The number of nitrogens with one attached hydrogen (secondary N) is 1. The maximum atomic E-state index is 12.7. The standard InChI is InChI=1S/C20H15Cl3N2O/c1-12-3-2-4-14(9-12)20(26)25-19(18-8-6-15(21)11-24-18)13-5-7-16(22)17(23)10-13/h2-11,19H,1H3,(H,25,26)/t19-/m0/s1. The highest BCUT2D eigenvalue weighted by molar-refractivity contribution is 6.42. The summed E-state index contributed by atoms with van der Waals surface area (Å²) in [6.45, 7) is 1.94. The molecule has 0 radical (unpaired) electrons. The highest BCUT2D eigenvalue weighted by Crippen LogP contribution is 2.29. The van der Waals surface area contributed by atoms with Gasteiger partial charge in [0.05, 0.1) is 26.8 Å². The Morgan fingerprint density at radius 2 is 1.81 bits per heavy atom. The largest absolute Gasteiger partial charge is 0.340 e. The Morgan fingerprint density at radius 3 is 2.46 bits per heavy atom. The lowest BCUT2D eigenvalue weighted by Gasteiger charge is -2.20. The average molecular weight is 406 g/mol. The highest BCUT2D eigenvalue weighted by Gasteiger charge is 2.20. The van der Waals surface area contributed by atoms with Gasteiger partial charge in [0.2, 0.25) is 0 Å². The molecule has 132 valence electrons. The molecule has 0 aliphatic carbocycles. The van der Waals surface area contributed by atoms with Gasteiger partial charge in [-0.3, -0.25) is 9.78 Å². The third kappa shape index (κ3) is 4.36. The SMILES string of the molecule is Cc1cccc(C(=O)N[C@@H](c2ccc(Cl)c(Cl)c2)c2ccc(Cl)cn2)c1. The van der Waals surface area contributed by atoms with Crippen molar-refractivity contribution < 1.29 is 4.79 Å². The van der Waals surface area contributed by atoms with Crippen molar-refractivity contribution in [3.8, 4) is 0 Å². The van der Waals surface area contributed by atoms with Gasteiger partial charge in [-0.15, -0.1) is 0 Å². The molecule has 0 bridgehead atoms. The number of rotatable bonds is 4. The number of carbonyl (C=O) groups is 1. The molecule has 6 heteroatoms. The summed E-state index contributed by atoms with van der Waals surface area (Å²) in [4.78, 5) is 17.1. The van der Waals surface area contributed by atoms with Crippen molar-refractivity contribution in [2.24, 2.45) is 0 Å². The van der Waals surface area contributed by atoms with Crippen molar-refractivity contribution in [3.63, 3.8) is 0 Å². The Morgan fingerprint density at radius 1 is 1.00 bits per heavy atom. The maximum absolute atomic E-state index is 12.7. The van der Waals surface area contributed by atoms with Gasteiger partial charge in [-0.1, -0.05) is 58.6 Å². The van der Waals surface area contributed by atoms with E-state index >= 15 is 0 Å². The summed E-state index contributed by atoms with van der Waals surface area (Å²) in [7, 11) is 0. The van der Waals surface area contributed by atoms with E-state index in [1.54, 1.807) is 36.5 Å². The van der Waals surface area contributed by atoms with Gasteiger partial charge in [-0.25, -0.2) is 0 Å². The molecule has 1 atom stereocenters. The minimum Gasteiger partial charge on any atom is -0.340 e. The number of aromatic nitrogens is 1. The predicted octanol–water partition coefficient (Wildman–Crippen LogP) is 5.87. The second-order valence-electron chi connectivity index (χ2n) is 5.85. The van der Waals surface area contributed by atoms with Gasteiger partial charge < -0.3 is 5.32 Å². The first-order valence-electron chi connectivity index (χ1n) is 7.88. The lowest BCUT2D eigenvalue weighted by molar-refractivity contribution is 0.0942. The minimum absolute atomic E-state index is 0.207. The number of aryl methyl sites for hydroxylation is 1. The molecule has 0 fully saturated rings. The first-order chi connectivity index (χ1) is 12.4. The molecule has 0 spiro atoms. The van der Waals surface area contributed by atoms with Crippen LogP contribution < -0.4 is 5.32 Å². The molecule has 0 aliphatic heterocycles. The van der Waals surface area contributed by atoms with Gasteiger partial charge in [-0.05, 0) is 48.9 Å². The smallest absolute Gasteiger partial charge is 0.252 e. The van der Waals surface area contributed by atoms with E-state index in [1.807, 2.05) is 31.2 Å². The lowest BCUT2D eigenvalue weighted by atomic mass is 10.0. The van der Waals surface area contributed by atoms with E-state index in [2.05, 4.69) is 10.3 Å². The first kappa shape index (κ1) is 18.7. The van der Waals surface area contributed by atoms with Crippen molar-refractivity contribution in [1.82, 2.24) is 10.3 Å². The number of pyridine rings is 1. The second-order valence-corrected chi connectivity index (χ2v) is 7.10. The average Bonchev–Trinajstić information content (AvgIpc) is 2.63. The van der Waals surface area contributed by atoms with Crippen LogP contribution in [0.5, 0.6) is 0 Å². The van der Waals surface area contributed by atoms with E-state index in [0.717, 1.165) is 11.1 Å². The number of nitrogens with zero attached hydrogens (tertiary/aromatic N) is 1. The first-order valence-corrected chi connectivity index (χ1v) is 9.01. The molecule has 1 amide bonds. The van der Waals surface area contributed by atoms with Crippen LogP contribution >= 0.6 is 34.8 Å². The third-order valence-electron chi connectivity index (χ3n) is 3.88. The van der Waals surface area contributed by atoms with E-state index in [-0.39, 0.29) is 5.91 Å². The molecule has 0 saturated carbocycles. The quantitative estimate of drug-likeness (QED) is 0.590. The van der Waals surface area contributed by atoms with Crippen LogP contribution in [0.25, 0.3) is 0 Å². The second kappa shape index (κ2) is 8.09. The zero-order valence-electron chi connectivity index (χ0n) is 13.8. The third-order valence-corrected chi connectivity index (χ3v) is 4.84. The molecular weight excluding hydrogens is 391 g/mol. The van der Waals surface area contributed by atoms with E-state index in [4.69, 9.17) is 34.8 Å². The lowest BCUT2D eigenvalue weighted by Crippen LogP contribution is -2.30. The van der Waals surface area contributed by atoms with Gasteiger partial charge in [0.25, 0.3) is 5.91 Å². The van der Waals surface area contributed by atoms with Crippen LogP contribution in [0.15, 0.2) is 60.8 Å². The monoisotopic (exact) mass is 404 g/mol. The summed E-state index contributed by atoms with van der Waals surface area (Å²) >= 11 is 18.1. The van der Waals surface area contributed by atoms with Crippen LogP contribution in [-0.4, -0.2) is 10.9 Å². The fourth-order valence-corrected chi connectivity index (χ4v) is 3.00. The number of halogens is 3.